The average Bonchev–Trinajstić information content (AvgIpc) is 2.69. The van der Waals surface area contributed by atoms with E-state index in [-0.39, 0.29) is 5.41 Å². The van der Waals surface area contributed by atoms with Gasteiger partial charge in [0.25, 0.3) is 0 Å². The minimum atomic E-state index is 0.0328. The number of pyridine rings is 1. The van der Waals surface area contributed by atoms with Gasteiger partial charge in [0.2, 0.25) is 0 Å². The van der Waals surface area contributed by atoms with Crippen LogP contribution in [0.2, 0.25) is 0 Å². The summed E-state index contributed by atoms with van der Waals surface area (Å²) in [4.78, 5) is 12.6. The monoisotopic (exact) mass is 258 g/mol. The Hall–Kier alpha value is -1.42. The molecule has 0 aliphatic heterocycles. The third-order valence-corrected chi connectivity index (χ3v) is 4.43. The van der Waals surface area contributed by atoms with Crippen molar-refractivity contribution in [2.45, 2.75) is 50.9 Å². The lowest BCUT2D eigenvalue weighted by atomic mass is 9.79. The molecule has 2 aromatic rings. The van der Waals surface area contributed by atoms with Gasteiger partial charge in [0.05, 0.1) is 5.52 Å². The van der Waals surface area contributed by atoms with Gasteiger partial charge in [0.15, 0.2) is 5.65 Å². The van der Waals surface area contributed by atoms with Crippen molar-refractivity contribution in [2.24, 2.45) is 5.73 Å². The van der Waals surface area contributed by atoms with Gasteiger partial charge < -0.3 is 10.7 Å². The summed E-state index contributed by atoms with van der Waals surface area (Å²) in [6.07, 6.45) is 9.29. The quantitative estimate of drug-likeness (QED) is 0.814. The molecule has 0 aromatic carbocycles. The summed E-state index contributed by atoms with van der Waals surface area (Å²) in [5.41, 5.74) is 9.15. The zero-order chi connectivity index (χ0) is 13.3. The Kier molecular flexibility index (Phi) is 3.27. The van der Waals surface area contributed by atoms with E-state index in [1.54, 1.807) is 0 Å². The van der Waals surface area contributed by atoms with Crippen LogP contribution in [-0.4, -0.2) is 21.5 Å². The largest absolute Gasteiger partial charge is 0.340 e. The summed E-state index contributed by atoms with van der Waals surface area (Å²) in [5, 5.41) is 0. The van der Waals surface area contributed by atoms with Gasteiger partial charge in [-0.2, -0.15) is 0 Å². The molecule has 1 aliphatic rings. The highest BCUT2D eigenvalue weighted by molar-refractivity contribution is 5.71. The van der Waals surface area contributed by atoms with Crippen molar-refractivity contribution in [2.75, 3.05) is 6.54 Å². The van der Waals surface area contributed by atoms with Crippen LogP contribution in [0.25, 0.3) is 11.2 Å². The molecule has 3 rings (SSSR count). The molecule has 0 unspecified atom stereocenters. The SMILES string of the molecule is Cc1cnc2nc(C3(CN)CCCCCC3)[nH]c2c1. The minimum absolute atomic E-state index is 0.0328. The first-order valence-electron chi connectivity index (χ1n) is 7.26. The molecule has 2 aromatic heterocycles. The van der Waals surface area contributed by atoms with Crippen molar-refractivity contribution >= 4 is 11.2 Å². The van der Waals surface area contributed by atoms with Crippen LogP contribution in [-0.2, 0) is 5.41 Å². The van der Waals surface area contributed by atoms with E-state index in [2.05, 4.69) is 23.0 Å². The summed E-state index contributed by atoms with van der Waals surface area (Å²) in [6.45, 7) is 2.73. The smallest absolute Gasteiger partial charge is 0.177 e. The van der Waals surface area contributed by atoms with Gasteiger partial charge in [-0.3, -0.25) is 0 Å². The molecule has 0 atom stereocenters. The van der Waals surface area contributed by atoms with E-state index in [4.69, 9.17) is 10.7 Å². The Labute approximate surface area is 113 Å². The maximum atomic E-state index is 6.11. The molecule has 19 heavy (non-hydrogen) atoms. The Balaban J connectivity index is 2.04. The average molecular weight is 258 g/mol. The van der Waals surface area contributed by atoms with E-state index in [9.17, 15) is 0 Å². The van der Waals surface area contributed by atoms with Gasteiger partial charge in [0, 0.05) is 18.2 Å². The molecule has 2 heterocycles. The van der Waals surface area contributed by atoms with Crippen LogP contribution in [0.1, 0.15) is 49.9 Å². The molecule has 1 aliphatic carbocycles. The lowest BCUT2D eigenvalue weighted by Gasteiger charge is -2.28. The zero-order valence-corrected chi connectivity index (χ0v) is 11.6. The number of rotatable bonds is 2. The molecule has 1 saturated carbocycles. The van der Waals surface area contributed by atoms with Crippen LogP contribution in [0.4, 0.5) is 0 Å². The first-order chi connectivity index (χ1) is 9.23. The van der Waals surface area contributed by atoms with Crippen LogP contribution < -0.4 is 5.73 Å². The molecule has 0 amide bonds. The maximum Gasteiger partial charge on any atom is 0.177 e. The third-order valence-electron chi connectivity index (χ3n) is 4.43. The highest BCUT2D eigenvalue weighted by atomic mass is 15.0. The minimum Gasteiger partial charge on any atom is -0.340 e. The van der Waals surface area contributed by atoms with E-state index in [1.165, 1.54) is 25.7 Å². The second kappa shape index (κ2) is 4.93. The van der Waals surface area contributed by atoms with Crippen molar-refractivity contribution in [3.63, 3.8) is 0 Å². The number of aryl methyl sites for hydroxylation is 1. The van der Waals surface area contributed by atoms with Gasteiger partial charge in [-0.05, 0) is 31.4 Å². The number of hydrogen-bond acceptors (Lipinski definition) is 3. The standard InChI is InChI=1S/C15H22N4/c1-11-8-12-13(17-9-11)19-14(18-12)15(10-16)6-4-2-3-5-7-15/h8-9H,2-7,10,16H2,1H3,(H,17,18,19). The van der Waals surface area contributed by atoms with E-state index in [1.807, 2.05) is 6.20 Å². The Bertz CT molecular complexity index is 565. The lowest BCUT2D eigenvalue weighted by Crippen LogP contribution is -2.35. The summed E-state index contributed by atoms with van der Waals surface area (Å²) in [5.74, 6) is 1.05. The molecule has 0 spiro atoms. The van der Waals surface area contributed by atoms with Crippen molar-refractivity contribution < 1.29 is 0 Å². The Morgan fingerprint density at radius 3 is 2.68 bits per heavy atom. The summed E-state index contributed by atoms with van der Waals surface area (Å²) < 4.78 is 0. The molecule has 0 radical (unpaired) electrons. The first-order valence-corrected chi connectivity index (χ1v) is 7.26. The van der Waals surface area contributed by atoms with Gasteiger partial charge in [-0.25, -0.2) is 9.97 Å². The van der Waals surface area contributed by atoms with Gasteiger partial charge in [-0.1, -0.05) is 25.7 Å². The van der Waals surface area contributed by atoms with Gasteiger partial charge >= 0.3 is 0 Å². The molecular formula is C15H22N4. The van der Waals surface area contributed by atoms with Crippen molar-refractivity contribution in [3.8, 4) is 0 Å². The highest BCUT2D eigenvalue weighted by Crippen LogP contribution is 2.36. The molecular weight excluding hydrogens is 236 g/mol. The normalized spacial score (nSPS) is 19.5. The third kappa shape index (κ3) is 2.25. The molecule has 4 nitrogen and oxygen atoms in total. The Morgan fingerprint density at radius 1 is 1.26 bits per heavy atom. The number of aromatic amines is 1. The number of nitrogens with zero attached hydrogens (tertiary/aromatic N) is 2. The number of fused-ring (bicyclic) bond motifs is 1. The maximum absolute atomic E-state index is 6.11. The predicted octanol–water partition coefficient (Wildman–Crippen LogP) is 2.82. The van der Waals surface area contributed by atoms with E-state index < -0.39 is 0 Å². The van der Waals surface area contributed by atoms with E-state index >= 15 is 0 Å². The fraction of sp³-hybridized carbons (Fsp3) is 0.600. The topological polar surface area (TPSA) is 67.6 Å². The first kappa shape index (κ1) is 12.6. The van der Waals surface area contributed by atoms with E-state index in [0.717, 1.165) is 35.4 Å². The second-order valence-corrected chi connectivity index (χ2v) is 5.87. The zero-order valence-electron chi connectivity index (χ0n) is 11.6. The van der Waals surface area contributed by atoms with Gasteiger partial charge in [-0.15, -0.1) is 0 Å². The fourth-order valence-electron chi connectivity index (χ4n) is 3.20. The molecule has 0 saturated heterocycles. The second-order valence-electron chi connectivity index (χ2n) is 5.87. The van der Waals surface area contributed by atoms with Crippen molar-refractivity contribution in [1.29, 1.82) is 0 Å². The van der Waals surface area contributed by atoms with Crippen LogP contribution in [0.5, 0.6) is 0 Å². The molecule has 102 valence electrons. The Morgan fingerprint density at radius 2 is 2.00 bits per heavy atom. The summed E-state index contributed by atoms with van der Waals surface area (Å²) >= 11 is 0. The molecule has 1 fully saturated rings. The predicted molar refractivity (Wildman–Crippen MR) is 77.1 cm³/mol. The van der Waals surface area contributed by atoms with Crippen molar-refractivity contribution in [1.82, 2.24) is 15.0 Å². The van der Waals surface area contributed by atoms with Gasteiger partial charge in [0.1, 0.15) is 5.82 Å². The number of nitrogens with two attached hydrogens (primary N) is 1. The lowest BCUT2D eigenvalue weighted by molar-refractivity contribution is 0.362. The summed E-state index contributed by atoms with van der Waals surface area (Å²) in [6, 6.07) is 2.11. The number of H-pyrrole nitrogens is 1. The number of hydrogen-bond donors (Lipinski definition) is 2. The highest BCUT2D eigenvalue weighted by Gasteiger charge is 2.34. The van der Waals surface area contributed by atoms with Crippen molar-refractivity contribution in [3.05, 3.63) is 23.7 Å². The van der Waals surface area contributed by atoms with Crippen LogP contribution in [0.3, 0.4) is 0 Å². The summed E-state index contributed by atoms with van der Waals surface area (Å²) in [7, 11) is 0. The molecule has 4 heteroatoms. The fourth-order valence-corrected chi connectivity index (χ4v) is 3.20. The number of nitrogens with one attached hydrogen (secondary N) is 1. The molecule has 0 bridgehead atoms. The number of imidazole rings is 1. The van der Waals surface area contributed by atoms with Crippen LogP contribution >= 0.6 is 0 Å². The van der Waals surface area contributed by atoms with Crippen LogP contribution in [0, 0.1) is 6.92 Å². The van der Waals surface area contributed by atoms with E-state index in [0.29, 0.717) is 6.54 Å². The molecule has 3 N–H and O–H groups in total. The van der Waals surface area contributed by atoms with Crippen LogP contribution in [0.15, 0.2) is 12.3 Å². The number of aromatic nitrogens is 3.